The highest BCUT2D eigenvalue weighted by Crippen LogP contribution is 2.44. The van der Waals surface area contributed by atoms with Crippen LogP contribution in [0.1, 0.15) is 37.7 Å². The molecule has 11 heteroatoms. The maximum Gasteiger partial charge on any atom is 0.418 e. The third-order valence-corrected chi connectivity index (χ3v) is 6.26. The summed E-state index contributed by atoms with van der Waals surface area (Å²) in [5, 5.41) is 10.4. The van der Waals surface area contributed by atoms with Crippen LogP contribution >= 0.6 is 0 Å². The van der Waals surface area contributed by atoms with Crippen LogP contribution in [0.3, 0.4) is 0 Å². The Hall–Kier alpha value is -3.24. The molecule has 3 aromatic rings. The number of halogens is 4. The van der Waals surface area contributed by atoms with Crippen molar-refractivity contribution in [2.75, 3.05) is 5.32 Å². The van der Waals surface area contributed by atoms with Crippen LogP contribution in [0, 0.1) is 17.7 Å². The molecule has 7 nitrogen and oxygen atoms in total. The summed E-state index contributed by atoms with van der Waals surface area (Å²) in [6.45, 7) is -0.250. The van der Waals surface area contributed by atoms with Crippen LogP contribution in [-0.4, -0.2) is 37.6 Å². The summed E-state index contributed by atoms with van der Waals surface area (Å²) in [5.41, 5.74) is -0.853. The molecule has 6 rings (SSSR count). The molecule has 0 aromatic carbocycles. The molecule has 0 radical (unpaired) electrons. The first-order valence-corrected chi connectivity index (χ1v) is 10.2. The van der Waals surface area contributed by atoms with Gasteiger partial charge in [0.2, 0.25) is 0 Å². The molecule has 0 aliphatic heterocycles. The number of alkyl halides is 3. The third kappa shape index (κ3) is 4.23. The van der Waals surface area contributed by atoms with Gasteiger partial charge in [-0.2, -0.15) is 13.2 Å². The van der Waals surface area contributed by atoms with Crippen LogP contribution < -0.4 is 5.32 Å². The van der Waals surface area contributed by atoms with Crippen molar-refractivity contribution < 1.29 is 27.5 Å². The first kappa shape index (κ1) is 22.0. The Kier molecular flexibility index (Phi) is 5.98. The Labute approximate surface area is 180 Å². The van der Waals surface area contributed by atoms with Gasteiger partial charge in [0, 0.05) is 29.4 Å². The Morgan fingerprint density at radius 3 is 2.56 bits per heavy atom. The molecular formula is C21H21F4N5O2. The van der Waals surface area contributed by atoms with Crippen molar-refractivity contribution in [3.8, 4) is 11.3 Å². The number of hydrogen-bond donors (Lipinski definition) is 3. The number of H-pyrrole nitrogens is 1. The van der Waals surface area contributed by atoms with E-state index in [1.807, 2.05) is 0 Å². The molecule has 32 heavy (non-hydrogen) atoms. The average Bonchev–Trinajstić information content (AvgIpc) is 3.20. The van der Waals surface area contributed by atoms with Gasteiger partial charge in [0.25, 0.3) is 6.47 Å². The quantitative estimate of drug-likeness (QED) is 0.388. The molecule has 0 amide bonds. The van der Waals surface area contributed by atoms with E-state index in [9.17, 15) is 17.6 Å². The van der Waals surface area contributed by atoms with E-state index in [2.05, 4.69) is 25.3 Å². The van der Waals surface area contributed by atoms with E-state index in [-0.39, 0.29) is 29.6 Å². The van der Waals surface area contributed by atoms with E-state index in [0.717, 1.165) is 19.3 Å². The van der Waals surface area contributed by atoms with Crippen LogP contribution in [0.25, 0.3) is 22.3 Å². The van der Waals surface area contributed by atoms with Crippen molar-refractivity contribution in [3.05, 3.63) is 36.2 Å². The summed E-state index contributed by atoms with van der Waals surface area (Å²) in [5.74, 6) is -0.107. The zero-order valence-corrected chi connectivity index (χ0v) is 16.9. The van der Waals surface area contributed by atoms with E-state index < -0.39 is 17.6 Å². The normalized spacial score (nSPS) is 22.3. The highest BCUT2D eigenvalue weighted by molar-refractivity contribution is 5.93. The number of nitrogens with one attached hydrogen (secondary N) is 2. The first-order valence-electron chi connectivity index (χ1n) is 10.2. The number of hydrogen-bond acceptors (Lipinski definition) is 5. The van der Waals surface area contributed by atoms with Gasteiger partial charge in [-0.05, 0) is 37.2 Å². The van der Waals surface area contributed by atoms with Gasteiger partial charge in [-0.3, -0.25) is 4.79 Å². The Bertz CT molecular complexity index is 1110. The van der Waals surface area contributed by atoms with Crippen LogP contribution in [0.4, 0.5) is 23.4 Å². The summed E-state index contributed by atoms with van der Waals surface area (Å²) in [4.78, 5) is 23.2. The number of aromatic nitrogens is 4. The van der Waals surface area contributed by atoms with Crippen LogP contribution in [-0.2, 0) is 11.0 Å². The van der Waals surface area contributed by atoms with E-state index >= 15 is 0 Å². The standard InChI is InChI=1S/C20H19F4N5.CH2O2/c21-15-6-14(20(22,23)24)17(12-8-26-18-13(12)7-25-9-27-18)29-19(15)28-16-5-10-1-3-11(16)4-2-10;2-1-3/h6-11,16H,1-5H2,(H,28,29)(H,25,26,27);1H,(H,2,3). The highest BCUT2D eigenvalue weighted by Gasteiger charge is 2.39. The Morgan fingerprint density at radius 1 is 1.22 bits per heavy atom. The van der Waals surface area contributed by atoms with Crippen LogP contribution in [0.5, 0.6) is 0 Å². The number of carbonyl (C=O) groups is 1. The molecule has 170 valence electrons. The molecule has 3 aromatic heterocycles. The molecule has 3 fully saturated rings. The maximum absolute atomic E-state index is 14.7. The summed E-state index contributed by atoms with van der Waals surface area (Å²) >= 11 is 0. The fourth-order valence-electron chi connectivity index (χ4n) is 4.80. The van der Waals surface area contributed by atoms with E-state index in [4.69, 9.17) is 9.90 Å². The lowest BCUT2D eigenvalue weighted by Gasteiger charge is -2.42. The molecule has 1 unspecified atom stereocenters. The summed E-state index contributed by atoms with van der Waals surface area (Å²) in [6.07, 6.45) is 4.77. The minimum atomic E-state index is -4.75. The number of carboxylic acid groups (broad SMARTS) is 1. The van der Waals surface area contributed by atoms with Crippen molar-refractivity contribution in [3.63, 3.8) is 0 Å². The van der Waals surface area contributed by atoms with E-state index in [0.29, 0.717) is 28.9 Å². The number of fused-ring (bicyclic) bond motifs is 4. The second kappa shape index (κ2) is 8.71. The zero-order valence-electron chi connectivity index (χ0n) is 16.9. The minimum absolute atomic E-state index is 0.0420. The minimum Gasteiger partial charge on any atom is -0.483 e. The predicted octanol–water partition coefficient (Wildman–Crippen LogP) is 4.87. The zero-order chi connectivity index (χ0) is 22.9. The lowest BCUT2D eigenvalue weighted by atomic mass is 9.68. The van der Waals surface area contributed by atoms with Gasteiger partial charge in [-0.25, -0.2) is 19.3 Å². The van der Waals surface area contributed by atoms with Gasteiger partial charge in [-0.1, -0.05) is 12.8 Å². The molecule has 3 aliphatic carbocycles. The fourth-order valence-corrected chi connectivity index (χ4v) is 4.80. The number of aromatic amines is 1. The van der Waals surface area contributed by atoms with Gasteiger partial charge in [0.05, 0.1) is 11.3 Å². The van der Waals surface area contributed by atoms with Crippen LogP contribution in [0.15, 0.2) is 24.8 Å². The predicted molar refractivity (Wildman–Crippen MR) is 108 cm³/mol. The van der Waals surface area contributed by atoms with Crippen molar-refractivity contribution in [1.82, 2.24) is 19.9 Å². The second-order valence-electron chi connectivity index (χ2n) is 8.07. The van der Waals surface area contributed by atoms with Gasteiger partial charge < -0.3 is 15.4 Å². The van der Waals surface area contributed by atoms with Crippen molar-refractivity contribution in [2.24, 2.45) is 11.8 Å². The maximum atomic E-state index is 14.7. The van der Waals surface area contributed by atoms with E-state index in [1.54, 1.807) is 0 Å². The molecule has 1 atom stereocenters. The van der Waals surface area contributed by atoms with E-state index in [1.165, 1.54) is 31.6 Å². The SMILES string of the molecule is Fc1cc(C(F)(F)F)c(-c2c[nH]c3ncncc23)nc1NC1CC2CCC1CC2.O=CO. The summed E-state index contributed by atoms with van der Waals surface area (Å²) in [7, 11) is 0. The molecule has 2 bridgehead atoms. The average molecular weight is 451 g/mol. The molecular weight excluding hydrogens is 430 g/mol. The number of pyridine rings is 1. The first-order chi connectivity index (χ1) is 15.3. The van der Waals surface area contributed by atoms with Gasteiger partial charge in [0.15, 0.2) is 11.6 Å². The lowest BCUT2D eigenvalue weighted by molar-refractivity contribution is -0.137. The number of rotatable bonds is 3. The Balaban J connectivity index is 0.000000775. The molecule has 0 spiro atoms. The second-order valence-corrected chi connectivity index (χ2v) is 8.07. The van der Waals surface area contributed by atoms with Crippen LogP contribution in [0.2, 0.25) is 0 Å². The van der Waals surface area contributed by atoms with Gasteiger partial charge in [-0.15, -0.1) is 0 Å². The number of nitrogens with zero attached hydrogens (tertiary/aromatic N) is 3. The monoisotopic (exact) mass is 451 g/mol. The highest BCUT2D eigenvalue weighted by atomic mass is 19.4. The fraction of sp³-hybridized carbons (Fsp3) is 0.429. The third-order valence-electron chi connectivity index (χ3n) is 6.26. The molecule has 3 saturated carbocycles. The largest absolute Gasteiger partial charge is 0.483 e. The summed E-state index contributed by atoms with van der Waals surface area (Å²) in [6, 6.07) is 0.578. The smallest absolute Gasteiger partial charge is 0.418 e. The number of anilines is 1. The summed E-state index contributed by atoms with van der Waals surface area (Å²) < 4.78 is 55.6. The van der Waals surface area contributed by atoms with Crippen molar-refractivity contribution >= 4 is 23.3 Å². The molecule has 0 saturated heterocycles. The van der Waals surface area contributed by atoms with Crippen molar-refractivity contribution in [2.45, 2.75) is 44.3 Å². The molecule has 3 heterocycles. The Morgan fingerprint density at radius 2 is 1.94 bits per heavy atom. The van der Waals surface area contributed by atoms with Gasteiger partial charge in [0.1, 0.15) is 12.0 Å². The topological polar surface area (TPSA) is 104 Å². The van der Waals surface area contributed by atoms with Gasteiger partial charge >= 0.3 is 6.18 Å². The lowest BCUT2D eigenvalue weighted by Crippen LogP contribution is -2.40. The molecule has 3 aliphatic rings. The van der Waals surface area contributed by atoms with Crippen molar-refractivity contribution in [1.29, 1.82) is 0 Å². The molecule has 3 N–H and O–H groups in total.